The van der Waals surface area contributed by atoms with Gasteiger partial charge in [0.2, 0.25) is 0 Å². The Hall–Kier alpha value is -0.720. The number of nitrogens with two attached hydrogens (primary N) is 1. The SMILES string of the molecule is C=CC1CC1(N)C(=O)OC.O=P(O)(O)O. The monoisotopic (exact) mass is 239 g/mol. The molecule has 15 heavy (non-hydrogen) atoms. The van der Waals surface area contributed by atoms with Crippen LogP contribution in [-0.4, -0.2) is 33.3 Å². The fraction of sp³-hybridized carbons (Fsp3) is 0.571. The first-order valence-electron chi connectivity index (χ1n) is 3.93. The van der Waals surface area contributed by atoms with Gasteiger partial charge in [0.15, 0.2) is 0 Å². The summed E-state index contributed by atoms with van der Waals surface area (Å²) in [6, 6.07) is 0. The summed E-state index contributed by atoms with van der Waals surface area (Å²) in [5.74, 6) is -0.225. The smallest absolute Gasteiger partial charge is 0.466 e. The Bertz CT molecular complexity index is 292. The number of ether oxygens (including phenoxy) is 1. The highest BCUT2D eigenvalue weighted by molar-refractivity contribution is 7.45. The van der Waals surface area contributed by atoms with Crippen LogP contribution in [0, 0.1) is 5.92 Å². The number of rotatable bonds is 2. The van der Waals surface area contributed by atoms with Crippen LogP contribution >= 0.6 is 7.82 Å². The molecule has 0 saturated heterocycles. The minimum atomic E-state index is -4.64. The molecular formula is C7H14NO6P. The summed E-state index contributed by atoms with van der Waals surface area (Å²) in [6.07, 6.45) is 2.36. The van der Waals surface area contributed by atoms with Gasteiger partial charge in [0.25, 0.3) is 0 Å². The van der Waals surface area contributed by atoms with Gasteiger partial charge in [0.05, 0.1) is 7.11 Å². The lowest BCUT2D eigenvalue weighted by Gasteiger charge is -2.05. The van der Waals surface area contributed by atoms with Gasteiger partial charge in [-0.15, -0.1) is 6.58 Å². The van der Waals surface area contributed by atoms with E-state index in [2.05, 4.69) is 11.3 Å². The average Bonchev–Trinajstić information content (AvgIpc) is 2.74. The highest BCUT2D eigenvalue weighted by Gasteiger charge is 2.56. The van der Waals surface area contributed by atoms with E-state index < -0.39 is 13.4 Å². The van der Waals surface area contributed by atoms with E-state index in [1.165, 1.54) is 7.11 Å². The molecule has 5 N–H and O–H groups in total. The molecule has 0 radical (unpaired) electrons. The summed E-state index contributed by atoms with van der Waals surface area (Å²) in [4.78, 5) is 32.4. The molecule has 0 spiro atoms. The third-order valence-corrected chi connectivity index (χ3v) is 1.91. The van der Waals surface area contributed by atoms with Crippen molar-refractivity contribution < 1.29 is 28.8 Å². The first kappa shape index (κ1) is 14.3. The fourth-order valence-corrected chi connectivity index (χ4v) is 1.02. The first-order chi connectivity index (χ1) is 6.65. The first-order valence-corrected chi connectivity index (χ1v) is 5.49. The topological polar surface area (TPSA) is 130 Å². The maximum Gasteiger partial charge on any atom is 0.466 e. The Labute approximate surface area is 86.8 Å². The molecule has 0 heterocycles. The molecular weight excluding hydrogens is 225 g/mol. The van der Waals surface area contributed by atoms with Crippen molar-refractivity contribution in [3.05, 3.63) is 12.7 Å². The molecule has 0 bridgehead atoms. The summed E-state index contributed by atoms with van der Waals surface area (Å²) < 4.78 is 13.4. The predicted octanol–water partition coefficient (Wildman–Crippen LogP) is -0.866. The van der Waals surface area contributed by atoms with E-state index in [9.17, 15) is 4.79 Å². The van der Waals surface area contributed by atoms with Crippen LogP contribution in [-0.2, 0) is 14.1 Å². The third kappa shape index (κ3) is 5.06. The molecule has 88 valence electrons. The van der Waals surface area contributed by atoms with Crippen molar-refractivity contribution in [3.63, 3.8) is 0 Å². The van der Waals surface area contributed by atoms with Crippen molar-refractivity contribution in [3.8, 4) is 0 Å². The van der Waals surface area contributed by atoms with Crippen LogP contribution < -0.4 is 5.73 Å². The van der Waals surface area contributed by atoms with Crippen molar-refractivity contribution in [1.82, 2.24) is 0 Å². The van der Waals surface area contributed by atoms with E-state index in [1.54, 1.807) is 6.08 Å². The quantitative estimate of drug-likeness (QED) is 0.280. The van der Waals surface area contributed by atoms with E-state index in [0.29, 0.717) is 6.42 Å². The van der Waals surface area contributed by atoms with Gasteiger partial charge in [-0.2, -0.15) is 0 Å². The normalized spacial score (nSPS) is 28.5. The minimum absolute atomic E-state index is 0.111. The Morgan fingerprint density at radius 1 is 1.67 bits per heavy atom. The van der Waals surface area contributed by atoms with Crippen LogP contribution in [0.4, 0.5) is 0 Å². The molecule has 0 amide bonds. The van der Waals surface area contributed by atoms with Crippen molar-refractivity contribution in [2.45, 2.75) is 12.0 Å². The molecule has 1 aliphatic rings. The molecule has 0 aliphatic heterocycles. The Morgan fingerprint density at radius 2 is 2.07 bits per heavy atom. The lowest BCUT2D eigenvalue weighted by Crippen LogP contribution is -2.36. The van der Waals surface area contributed by atoms with Crippen LogP contribution in [0.15, 0.2) is 12.7 Å². The van der Waals surface area contributed by atoms with Gasteiger partial charge < -0.3 is 25.2 Å². The van der Waals surface area contributed by atoms with Crippen molar-refractivity contribution in [2.24, 2.45) is 11.7 Å². The molecule has 8 heteroatoms. The van der Waals surface area contributed by atoms with Gasteiger partial charge in [-0.3, -0.25) is 4.79 Å². The van der Waals surface area contributed by atoms with Gasteiger partial charge in [-0.05, 0) is 6.42 Å². The highest BCUT2D eigenvalue weighted by atomic mass is 31.2. The zero-order valence-electron chi connectivity index (χ0n) is 8.16. The van der Waals surface area contributed by atoms with E-state index in [1.807, 2.05) is 0 Å². The number of phosphoric acid groups is 1. The number of carbonyl (C=O) groups is 1. The molecule has 1 aliphatic carbocycles. The lowest BCUT2D eigenvalue weighted by molar-refractivity contribution is -0.143. The van der Waals surface area contributed by atoms with Crippen molar-refractivity contribution >= 4 is 13.8 Å². The van der Waals surface area contributed by atoms with Crippen LogP contribution in [0.3, 0.4) is 0 Å². The Morgan fingerprint density at radius 3 is 2.27 bits per heavy atom. The minimum Gasteiger partial charge on any atom is -0.468 e. The number of hydrogen-bond donors (Lipinski definition) is 4. The summed E-state index contributed by atoms with van der Waals surface area (Å²) in [5.41, 5.74) is 4.86. The lowest BCUT2D eigenvalue weighted by atomic mass is 10.2. The van der Waals surface area contributed by atoms with Crippen LogP contribution in [0.1, 0.15) is 6.42 Å². The predicted molar refractivity (Wildman–Crippen MR) is 51.5 cm³/mol. The molecule has 2 atom stereocenters. The standard InChI is InChI=1S/C7H11NO2.H3O4P/c1-3-5-4-7(5,8)6(9)10-2;1-5(2,3)4/h3,5H,1,4,8H2,2H3;(H3,1,2,3,4). The van der Waals surface area contributed by atoms with Crippen molar-refractivity contribution in [2.75, 3.05) is 7.11 Å². The summed E-state index contributed by atoms with van der Waals surface area (Å²) in [7, 11) is -3.30. The average molecular weight is 239 g/mol. The van der Waals surface area contributed by atoms with Crippen molar-refractivity contribution in [1.29, 1.82) is 0 Å². The van der Waals surface area contributed by atoms with E-state index in [4.69, 9.17) is 25.0 Å². The summed E-state index contributed by atoms with van der Waals surface area (Å²) in [6.45, 7) is 3.55. The zero-order chi connectivity index (χ0) is 12.3. The molecule has 1 fully saturated rings. The molecule has 0 aromatic carbocycles. The molecule has 1 rings (SSSR count). The number of esters is 1. The maximum atomic E-state index is 10.9. The van der Waals surface area contributed by atoms with Gasteiger partial charge in [0, 0.05) is 5.92 Å². The van der Waals surface area contributed by atoms with Crippen LogP contribution in [0.2, 0.25) is 0 Å². The molecule has 7 nitrogen and oxygen atoms in total. The molecule has 1 saturated carbocycles. The maximum absolute atomic E-state index is 10.9. The van der Waals surface area contributed by atoms with E-state index >= 15 is 0 Å². The fourth-order valence-electron chi connectivity index (χ4n) is 1.02. The number of hydrogen-bond acceptors (Lipinski definition) is 4. The highest BCUT2D eigenvalue weighted by Crippen LogP contribution is 2.42. The number of carbonyl (C=O) groups excluding carboxylic acids is 1. The third-order valence-electron chi connectivity index (χ3n) is 1.91. The zero-order valence-corrected chi connectivity index (χ0v) is 9.05. The largest absolute Gasteiger partial charge is 0.468 e. The Kier molecular flexibility index (Phi) is 4.64. The Balaban J connectivity index is 0.000000336. The van der Waals surface area contributed by atoms with E-state index in [0.717, 1.165) is 0 Å². The van der Waals surface area contributed by atoms with Crippen LogP contribution in [0.25, 0.3) is 0 Å². The second kappa shape index (κ2) is 4.87. The van der Waals surface area contributed by atoms with Gasteiger partial charge >= 0.3 is 13.8 Å². The molecule has 0 aromatic heterocycles. The van der Waals surface area contributed by atoms with Crippen LogP contribution in [0.5, 0.6) is 0 Å². The summed E-state index contributed by atoms with van der Waals surface area (Å²) in [5, 5.41) is 0. The second-order valence-electron chi connectivity index (χ2n) is 3.09. The number of methoxy groups -OCH3 is 1. The van der Waals surface area contributed by atoms with E-state index in [-0.39, 0.29) is 11.9 Å². The van der Waals surface area contributed by atoms with Gasteiger partial charge in [-0.25, -0.2) is 4.57 Å². The summed E-state index contributed by atoms with van der Waals surface area (Å²) >= 11 is 0. The molecule has 2 unspecified atom stereocenters. The van der Waals surface area contributed by atoms with Gasteiger partial charge in [-0.1, -0.05) is 6.08 Å². The second-order valence-corrected chi connectivity index (χ2v) is 4.12. The molecule has 0 aromatic rings. The van der Waals surface area contributed by atoms with Gasteiger partial charge in [0.1, 0.15) is 5.54 Å².